The van der Waals surface area contributed by atoms with E-state index in [9.17, 15) is 4.39 Å². The van der Waals surface area contributed by atoms with Gasteiger partial charge >= 0.3 is 0 Å². The summed E-state index contributed by atoms with van der Waals surface area (Å²) < 4.78 is 19.7. The SMILES string of the molecule is CC(C)C1CCCC2(CC(N)c3cc(F)ccc3O2)C1. The molecule has 3 unspecified atom stereocenters. The third-order valence-corrected chi connectivity index (χ3v) is 5.07. The molecule has 0 aromatic heterocycles. The minimum absolute atomic E-state index is 0.111. The molecule has 0 radical (unpaired) electrons. The van der Waals surface area contributed by atoms with Crippen molar-refractivity contribution in [3.8, 4) is 5.75 Å². The van der Waals surface area contributed by atoms with Crippen molar-refractivity contribution in [1.82, 2.24) is 0 Å². The first kappa shape index (κ1) is 13.9. The topological polar surface area (TPSA) is 35.2 Å². The number of ether oxygens (including phenoxy) is 1. The number of fused-ring (bicyclic) bond motifs is 1. The fraction of sp³-hybridized carbons (Fsp3) is 0.647. The van der Waals surface area contributed by atoms with Gasteiger partial charge in [0.05, 0.1) is 0 Å². The summed E-state index contributed by atoms with van der Waals surface area (Å²) in [6, 6.07) is 4.62. The van der Waals surface area contributed by atoms with Crippen LogP contribution in [-0.4, -0.2) is 5.60 Å². The van der Waals surface area contributed by atoms with Crippen LogP contribution in [0.4, 0.5) is 4.39 Å². The molecule has 1 aromatic carbocycles. The largest absolute Gasteiger partial charge is 0.487 e. The summed E-state index contributed by atoms with van der Waals surface area (Å²) in [5, 5.41) is 0. The quantitative estimate of drug-likeness (QED) is 0.835. The van der Waals surface area contributed by atoms with E-state index in [2.05, 4.69) is 13.8 Å². The number of benzene rings is 1. The van der Waals surface area contributed by atoms with Crippen LogP contribution in [0.25, 0.3) is 0 Å². The van der Waals surface area contributed by atoms with Gasteiger partial charge in [0, 0.05) is 18.0 Å². The third kappa shape index (κ3) is 2.44. The van der Waals surface area contributed by atoms with Crippen LogP contribution in [0, 0.1) is 17.7 Å². The number of halogens is 1. The molecule has 1 aromatic rings. The van der Waals surface area contributed by atoms with Crippen molar-refractivity contribution in [2.75, 3.05) is 0 Å². The fourth-order valence-electron chi connectivity index (χ4n) is 3.90. The number of nitrogens with two attached hydrogens (primary N) is 1. The molecule has 1 spiro atoms. The average molecular weight is 277 g/mol. The highest BCUT2D eigenvalue weighted by Gasteiger charge is 2.44. The van der Waals surface area contributed by atoms with Crippen LogP contribution < -0.4 is 10.5 Å². The fourth-order valence-corrected chi connectivity index (χ4v) is 3.90. The lowest BCUT2D eigenvalue weighted by atomic mass is 9.70. The highest BCUT2D eigenvalue weighted by molar-refractivity contribution is 5.39. The molecule has 3 rings (SSSR count). The summed E-state index contributed by atoms with van der Waals surface area (Å²) in [4.78, 5) is 0. The second kappa shape index (κ2) is 5.03. The number of hydrogen-bond donors (Lipinski definition) is 1. The molecule has 1 aliphatic heterocycles. The summed E-state index contributed by atoms with van der Waals surface area (Å²) in [6.07, 6.45) is 5.45. The Labute approximate surface area is 120 Å². The monoisotopic (exact) mass is 277 g/mol. The van der Waals surface area contributed by atoms with Crippen LogP contribution in [0.3, 0.4) is 0 Å². The van der Waals surface area contributed by atoms with Crippen molar-refractivity contribution in [3.63, 3.8) is 0 Å². The molecular weight excluding hydrogens is 253 g/mol. The van der Waals surface area contributed by atoms with E-state index in [1.165, 1.54) is 25.0 Å². The maximum Gasteiger partial charge on any atom is 0.125 e. The average Bonchev–Trinajstić information content (AvgIpc) is 2.40. The summed E-state index contributed by atoms with van der Waals surface area (Å²) in [6.45, 7) is 4.57. The first-order valence-electron chi connectivity index (χ1n) is 7.73. The molecule has 1 fully saturated rings. The van der Waals surface area contributed by atoms with E-state index < -0.39 is 0 Å². The molecule has 2 N–H and O–H groups in total. The smallest absolute Gasteiger partial charge is 0.125 e. The Bertz CT molecular complexity index is 502. The standard InChI is InChI=1S/C17H24FNO/c1-11(2)12-4-3-7-17(9-12)10-15(19)14-8-13(18)5-6-16(14)20-17/h5-6,8,11-12,15H,3-4,7,9-10,19H2,1-2H3. The van der Waals surface area contributed by atoms with Crippen LogP contribution >= 0.6 is 0 Å². The molecule has 110 valence electrons. The minimum Gasteiger partial charge on any atom is -0.487 e. The molecule has 0 amide bonds. The molecule has 0 bridgehead atoms. The lowest BCUT2D eigenvalue weighted by Crippen LogP contribution is -2.47. The van der Waals surface area contributed by atoms with Crippen LogP contribution in [0.2, 0.25) is 0 Å². The summed E-state index contributed by atoms with van der Waals surface area (Å²) >= 11 is 0. The Morgan fingerprint density at radius 3 is 2.90 bits per heavy atom. The van der Waals surface area contributed by atoms with Gasteiger partial charge < -0.3 is 10.5 Å². The zero-order valence-corrected chi connectivity index (χ0v) is 12.4. The van der Waals surface area contributed by atoms with Gasteiger partial charge in [0.25, 0.3) is 0 Å². The van der Waals surface area contributed by atoms with Gasteiger partial charge in [-0.15, -0.1) is 0 Å². The van der Waals surface area contributed by atoms with Crippen molar-refractivity contribution >= 4 is 0 Å². The highest BCUT2D eigenvalue weighted by atomic mass is 19.1. The van der Waals surface area contributed by atoms with E-state index in [0.717, 1.165) is 30.6 Å². The van der Waals surface area contributed by atoms with Gasteiger partial charge in [0.1, 0.15) is 17.2 Å². The molecule has 1 heterocycles. The molecular formula is C17H24FNO. The van der Waals surface area contributed by atoms with Gasteiger partial charge in [-0.1, -0.05) is 13.8 Å². The zero-order chi connectivity index (χ0) is 14.3. The molecule has 3 atom stereocenters. The molecule has 1 aliphatic carbocycles. The van der Waals surface area contributed by atoms with Crippen molar-refractivity contribution in [2.45, 2.75) is 57.6 Å². The Morgan fingerprint density at radius 1 is 1.35 bits per heavy atom. The normalized spacial score (nSPS) is 33.0. The second-order valence-corrected chi connectivity index (χ2v) is 6.88. The van der Waals surface area contributed by atoms with Gasteiger partial charge in [0.15, 0.2) is 0 Å². The minimum atomic E-state index is -0.234. The van der Waals surface area contributed by atoms with Crippen LogP contribution in [0.5, 0.6) is 5.75 Å². The molecule has 2 nitrogen and oxygen atoms in total. The van der Waals surface area contributed by atoms with Gasteiger partial charge in [0.2, 0.25) is 0 Å². The van der Waals surface area contributed by atoms with Gasteiger partial charge in [-0.3, -0.25) is 0 Å². The first-order valence-corrected chi connectivity index (χ1v) is 7.73. The molecule has 3 heteroatoms. The van der Waals surface area contributed by atoms with Gasteiger partial charge in [-0.25, -0.2) is 4.39 Å². The lowest BCUT2D eigenvalue weighted by molar-refractivity contribution is -0.0250. The van der Waals surface area contributed by atoms with Crippen molar-refractivity contribution in [3.05, 3.63) is 29.6 Å². The lowest BCUT2D eigenvalue weighted by Gasteiger charge is -2.46. The Kier molecular flexibility index (Phi) is 3.49. The van der Waals surface area contributed by atoms with Crippen molar-refractivity contribution in [1.29, 1.82) is 0 Å². The van der Waals surface area contributed by atoms with E-state index in [4.69, 9.17) is 10.5 Å². The Morgan fingerprint density at radius 2 is 2.15 bits per heavy atom. The predicted octanol–water partition coefficient (Wildman–Crippen LogP) is 4.19. The maximum atomic E-state index is 13.4. The molecule has 20 heavy (non-hydrogen) atoms. The summed E-state index contributed by atoms with van der Waals surface area (Å²) in [5.74, 6) is 1.94. The van der Waals surface area contributed by atoms with Crippen LogP contribution in [0.15, 0.2) is 18.2 Å². The van der Waals surface area contributed by atoms with E-state index in [1.807, 2.05) is 0 Å². The van der Waals surface area contributed by atoms with E-state index >= 15 is 0 Å². The van der Waals surface area contributed by atoms with E-state index in [1.54, 1.807) is 6.07 Å². The van der Waals surface area contributed by atoms with Crippen molar-refractivity contribution in [2.24, 2.45) is 17.6 Å². The zero-order valence-electron chi connectivity index (χ0n) is 12.4. The predicted molar refractivity (Wildman–Crippen MR) is 78.1 cm³/mol. The van der Waals surface area contributed by atoms with E-state index in [0.29, 0.717) is 11.8 Å². The number of rotatable bonds is 1. The van der Waals surface area contributed by atoms with E-state index in [-0.39, 0.29) is 17.5 Å². The first-order chi connectivity index (χ1) is 9.49. The van der Waals surface area contributed by atoms with Crippen molar-refractivity contribution < 1.29 is 9.13 Å². The van der Waals surface area contributed by atoms with Gasteiger partial charge in [-0.2, -0.15) is 0 Å². The maximum absolute atomic E-state index is 13.4. The van der Waals surface area contributed by atoms with Crippen LogP contribution in [-0.2, 0) is 0 Å². The molecule has 2 aliphatic rings. The summed E-state index contributed by atoms with van der Waals surface area (Å²) in [7, 11) is 0. The Hall–Kier alpha value is -1.09. The molecule has 1 saturated carbocycles. The second-order valence-electron chi connectivity index (χ2n) is 6.88. The third-order valence-electron chi connectivity index (χ3n) is 5.07. The highest BCUT2D eigenvalue weighted by Crippen LogP contribution is 2.48. The Balaban J connectivity index is 1.88. The van der Waals surface area contributed by atoms with Gasteiger partial charge in [-0.05, 0) is 55.7 Å². The summed E-state index contributed by atoms with van der Waals surface area (Å²) in [5.41, 5.74) is 6.99. The number of hydrogen-bond acceptors (Lipinski definition) is 2. The van der Waals surface area contributed by atoms with Crippen LogP contribution in [0.1, 0.15) is 57.6 Å². The molecule has 0 saturated heterocycles.